The highest BCUT2D eigenvalue weighted by molar-refractivity contribution is 5.87. The topological polar surface area (TPSA) is 52.3 Å². The van der Waals surface area contributed by atoms with Gasteiger partial charge in [-0.05, 0) is 25.5 Å². The van der Waals surface area contributed by atoms with Crippen LogP contribution >= 0.6 is 0 Å². The average Bonchev–Trinajstić information content (AvgIpc) is 2.79. The first-order chi connectivity index (χ1) is 8.22. The molecule has 2 rings (SSSR count). The molecule has 4 nitrogen and oxygen atoms in total. The lowest BCUT2D eigenvalue weighted by atomic mass is 10.1. The molecule has 1 aromatic carbocycles. The number of nitrogens with zero attached hydrogens (tertiary/aromatic N) is 1. The van der Waals surface area contributed by atoms with E-state index >= 15 is 0 Å². The molecule has 4 heteroatoms. The van der Waals surface area contributed by atoms with Gasteiger partial charge in [-0.25, -0.2) is 9.78 Å². The minimum absolute atomic E-state index is 0.199. The van der Waals surface area contributed by atoms with Gasteiger partial charge < -0.3 is 9.15 Å². The Morgan fingerprint density at radius 1 is 1.41 bits per heavy atom. The van der Waals surface area contributed by atoms with E-state index in [0.29, 0.717) is 12.5 Å². The second kappa shape index (κ2) is 4.82. The van der Waals surface area contributed by atoms with Gasteiger partial charge in [0.15, 0.2) is 5.69 Å². The molecule has 0 bridgehead atoms. The van der Waals surface area contributed by atoms with Gasteiger partial charge in [0.2, 0.25) is 5.89 Å². The number of esters is 1. The highest BCUT2D eigenvalue weighted by Gasteiger charge is 2.14. The molecule has 0 N–H and O–H groups in total. The molecule has 0 unspecified atom stereocenters. The van der Waals surface area contributed by atoms with Crippen molar-refractivity contribution >= 4 is 5.97 Å². The van der Waals surface area contributed by atoms with Crippen LogP contribution in [-0.4, -0.2) is 17.6 Å². The highest BCUT2D eigenvalue weighted by atomic mass is 16.5. The summed E-state index contributed by atoms with van der Waals surface area (Å²) in [7, 11) is 0. The van der Waals surface area contributed by atoms with Gasteiger partial charge in [-0.3, -0.25) is 0 Å². The van der Waals surface area contributed by atoms with E-state index in [1.54, 1.807) is 6.92 Å². The molecule has 0 fully saturated rings. The Bertz CT molecular complexity index is 531. The minimum atomic E-state index is -0.462. The summed E-state index contributed by atoms with van der Waals surface area (Å²) in [5, 5.41) is 0. The van der Waals surface area contributed by atoms with Gasteiger partial charge in [0.05, 0.1) is 6.61 Å². The van der Waals surface area contributed by atoms with Crippen LogP contribution in [0.4, 0.5) is 0 Å². The second-order valence-corrected chi connectivity index (χ2v) is 3.57. The maximum Gasteiger partial charge on any atom is 0.360 e. The number of aryl methyl sites for hydroxylation is 1. The summed E-state index contributed by atoms with van der Waals surface area (Å²) in [5.74, 6) is -0.0257. The fourth-order valence-electron chi connectivity index (χ4n) is 1.51. The van der Waals surface area contributed by atoms with Crippen molar-refractivity contribution in [3.05, 3.63) is 41.8 Å². The molecular formula is C13H13NO3. The van der Waals surface area contributed by atoms with E-state index in [1.165, 1.54) is 6.26 Å². The van der Waals surface area contributed by atoms with E-state index in [1.807, 2.05) is 31.2 Å². The molecule has 0 saturated carbocycles. The minimum Gasteiger partial charge on any atom is -0.461 e. The van der Waals surface area contributed by atoms with Crippen LogP contribution in [0.2, 0.25) is 0 Å². The van der Waals surface area contributed by atoms with Crippen molar-refractivity contribution < 1.29 is 13.9 Å². The summed E-state index contributed by atoms with van der Waals surface area (Å²) >= 11 is 0. The largest absolute Gasteiger partial charge is 0.461 e. The summed E-state index contributed by atoms with van der Waals surface area (Å²) in [6.07, 6.45) is 1.32. The molecule has 0 amide bonds. The maximum atomic E-state index is 11.4. The fourth-order valence-corrected chi connectivity index (χ4v) is 1.51. The molecule has 0 saturated heterocycles. The SMILES string of the molecule is CCOC(=O)c1coc(-c2ccccc2C)n1. The third kappa shape index (κ3) is 2.36. The third-order valence-electron chi connectivity index (χ3n) is 2.36. The van der Waals surface area contributed by atoms with Gasteiger partial charge in [-0.2, -0.15) is 0 Å². The first-order valence-electron chi connectivity index (χ1n) is 5.41. The first kappa shape index (κ1) is 11.4. The maximum absolute atomic E-state index is 11.4. The van der Waals surface area contributed by atoms with Crippen molar-refractivity contribution in [1.29, 1.82) is 0 Å². The van der Waals surface area contributed by atoms with Crippen LogP contribution in [0.1, 0.15) is 23.0 Å². The first-order valence-corrected chi connectivity index (χ1v) is 5.41. The molecule has 0 aliphatic rings. The van der Waals surface area contributed by atoms with Gasteiger partial charge in [-0.15, -0.1) is 0 Å². The Morgan fingerprint density at radius 3 is 2.88 bits per heavy atom. The van der Waals surface area contributed by atoms with E-state index < -0.39 is 5.97 Å². The molecular weight excluding hydrogens is 218 g/mol. The summed E-state index contributed by atoms with van der Waals surface area (Å²) in [4.78, 5) is 15.5. The number of ether oxygens (including phenoxy) is 1. The smallest absolute Gasteiger partial charge is 0.360 e. The molecule has 17 heavy (non-hydrogen) atoms. The van der Waals surface area contributed by atoms with Gasteiger partial charge in [0.1, 0.15) is 6.26 Å². The molecule has 2 aromatic rings. The van der Waals surface area contributed by atoms with Crippen molar-refractivity contribution in [2.45, 2.75) is 13.8 Å². The van der Waals surface area contributed by atoms with E-state index in [4.69, 9.17) is 9.15 Å². The normalized spacial score (nSPS) is 10.2. The molecule has 1 heterocycles. The van der Waals surface area contributed by atoms with Crippen LogP contribution in [0.5, 0.6) is 0 Å². The Kier molecular flexibility index (Phi) is 3.23. The lowest BCUT2D eigenvalue weighted by Gasteiger charge is -1.99. The monoisotopic (exact) mass is 231 g/mol. The molecule has 0 aliphatic heterocycles. The van der Waals surface area contributed by atoms with Crippen molar-refractivity contribution in [3.8, 4) is 11.5 Å². The average molecular weight is 231 g/mol. The summed E-state index contributed by atoms with van der Waals surface area (Å²) < 4.78 is 10.1. The van der Waals surface area contributed by atoms with Crippen LogP contribution in [-0.2, 0) is 4.74 Å². The predicted octanol–water partition coefficient (Wildman–Crippen LogP) is 2.83. The van der Waals surface area contributed by atoms with Crippen molar-refractivity contribution in [2.75, 3.05) is 6.61 Å². The van der Waals surface area contributed by atoms with Crippen LogP contribution in [0.15, 0.2) is 34.9 Å². The number of benzene rings is 1. The van der Waals surface area contributed by atoms with Crippen molar-refractivity contribution in [2.24, 2.45) is 0 Å². The zero-order chi connectivity index (χ0) is 12.3. The molecule has 1 aromatic heterocycles. The molecule has 0 radical (unpaired) electrons. The molecule has 0 aliphatic carbocycles. The van der Waals surface area contributed by atoms with Crippen molar-refractivity contribution in [1.82, 2.24) is 4.98 Å². The number of aromatic nitrogens is 1. The van der Waals surface area contributed by atoms with E-state index in [2.05, 4.69) is 4.98 Å². The fraction of sp³-hybridized carbons (Fsp3) is 0.231. The lowest BCUT2D eigenvalue weighted by molar-refractivity contribution is 0.0519. The zero-order valence-electron chi connectivity index (χ0n) is 9.77. The Morgan fingerprint density at radius 2 is 2.18 bits per heavy atom. The van der Waals surface area contributed by atoms with Gasteiger partial charge in [0, 0.05) is 5.56 Å². The van der Waals surface area contributed by atoms with Crippen LogP contribution < -0.4 is 0 Å². The van der Waals surface area contributed by atoms with Crippen LogP contribution in [0, 0.1) is 6.92 Å². The molecule has 88 valence electrons. The standard InChI is InChI=1S/C13H13NO3/c1-3-16-13(15)11-8-17-12(14-11)10-7-5-4-6-9(10)2/h4-8H,3H2,1-2H3. The van der Waals surface area contributed by atoms with Gasteiger partial charge in [0.25, 0.3) is 0 Å². The van der Waals surface area contributed by atoms with E-state index in [9.17, 15) is 4.79 Å². The number of carbonyl (C=O) groups is 1. The van der Waals surface area contributed by atoms with Gasteiger partial charge >= 0.3 is 5.97 Å². The predicted molar refractivity (Wildman–Crippen MR) is 62.6 cm³/mol. The molecule has 0 spiro atoms. The Labute approximate surface area is 99.2 Å². The lowest BCUT2D eigenvalue weighted by Crippen LogP contribution is -2.04. The summed E-state index contributed by atoms with van der Waals surface area (Å²) in [5.41, 5.74) is 2.12. The van der Waals surface area contributed by atoms with Crippen LogP contribution in [0.25, 0.3) is 11.5 Å². The number of oxazole rings is 1. The zero-order valence-corrected chi connectivity index (χ0v) is 9.77. The molecule has 0 atom stereocenters. The second-order valence-electron chi connectivity index (χ2n) is 3.57. The number of carbonyl (C=O) groups excluding carboxylic acids is 1. The quantitative estimate of drug-likeness (QED) is 0.762. The Hall–Kier alpha value is -2.10. The number of rotatable bonds is 3. The van der Waals surface area contributed by atoms with Crippen LogP contribution in [0.3, 0.4) is 0 Å². The summed E-state index contributed by atoms with van der Waals surface area (Å²) in [6.45, 7) is 4.04. The van der Waals surface area contributed by atoms with E-state index in [0.717, 1.165) is 11.1 Å². The highest BCUT2D eigenvalue weighted by Crippen LogP contribution is 2.22. The number of hydrogen-bond acceptors (Lipinski definition) is 4. The van der Waals surface area contributed by atoms with Gasteiger partial charge in [-0.1, -0.05) is 18.2 Å². The Balaban J connectivity index is 2.30. The summed E-state index contributed by atoms with van der Waals surface area (Å²) in [6, 6.07) is 7.70. The van der Waals surface area contributed by atoms with E-state index in [-0.39, 0.29) is 5.69 Å². The number of hydrogen-bond donors (Lipinski definition) is 0. The van der Waals surface area contributed by atoms with Crippen molar-refractivity contribution in [3.63, 3.8) is 0 Å². The third-order valence-corrected chi connectivity index (χ3v) is 2.36.